The van der Waals surface area contributed by atoms with Crippen LogP contribution in [0.1, 0.15) is 67.1 Å². The molecule has 0 bridgehead atoms. The van der Waals surface area contributed by atoms with Gasteiger partial charge >= 0.3 is 0 Å². The summed E-state index contributed by atoms with van der Waals surface area (Å²) in [6, 6.07) is 6.88. The van der Waals surface area contributed by atoms with Crippen LogP contribution < -0.4 is 4.74 Å². The summed E-state index contributed by atoms with van der Waals surface area (Å²) in [5.74, 6) is -0.468. The Hall–Kier alpha value is -2.60. The molecule has 0 radical (unpaired) electrons. The van der Waals surface area contributed by atoms with E-state index in [1.165, 1.54) is 11.3 Å². The first kappa shape index (κ1) is 21.6. The number of aliphatic hydroxyl groups excluding tert-OH is 1. The summed E-state index contributed by atoms with van der Waals surface area (Å²) in [5, 5.41) is 13.2. The zero-order valence-corrected chi connectivity index (χ0v) is 19.3. The molecule has 1 aliphatic carbocycles. The minimum absolute atomic E-state index is 0.0386. The monoisotopic (exact) mass is 439 g/mol. The van der Waals surface area contributed by atoms with Crippen LogP contribution >= 0.6 is 11.3 Å². The van der Waals surface area contributed by atoms with Crippen LogP contribution in [0.3, 0.4) is 0 Å². The van der Waals surface area contributed by atoms with Crippen LogP contribution in [0.5, 0.6) is 5.75 Å². The first-order valence-corrected chi connectivity index (χ1v) is 11.8. The Labute approximate surface area is 187 Å². The molecule has 1 aromatic carbocycles. The number of amides is 1. The lowest BCUT2D eigenvalue weighted by Crippen LogP contribution is -2.37. The van der Waals surface area contributed by atoms with Gasteiger partial charge in [0.25, 0.3) is 11.7 Å². The van der Waals surface area contributed by atoms with Crippen molar-refractivity contribution >= 4 is 28.8 Å². The van der Waals surface area contributed by atoms with Crippen molar-refractivity contribution < 1.29 is 19.4 Å². The Kier molecular flexibility index (Phi) is 5.93. The van der Waals surface area contributed by atoms with Crippen LogP contribution in [0, 0.1) is 13.8 Å². The van der Waals surface area contributed by atoms with Crippen molar-refractivity contribution in [1.82, 2.24) is 4.90 Å². The molecule has 1 atom stereocenters. The van der Waals surface area contributed by atoms with Crippen molar-refractivity contribution in [2.75, 3.05) is 0 Å². The zero-order chi connectivity index (χ0) is 22.3. The molecule has 1 unspecified atom stereocenters. The fourth-order valence-electron chi connectivity index (χ4n) is 4.67. The molecule has 5 nitrogen and oxygen atoms in total. The van der Waals surface area contributed by atoms with Crippen molar-refractivity contribution in [2.45, 2.75) is 71.6 Å². The number of nitrogens with zero attached hydrogens (tertiary/aromatic N) is 1. The predicted molar refractivity (Wildman–Crippen MR) is 122 cm³/mol. The van der Waals surface area contributed by atoms with Crippen molar-refractivity contribution in [3.63, 3.8) is 0 Å². The number of hydrogen-bond donors (Lipinski definition) is 1. The molecule has 2 aromatic rings. The van der Waals surface area contributed by atoms with E-state index in [2.05, 4.69) is 0 Å². The number of likely N-dealkylation sites (tertiary alicyclic amines) is 1. The van der Waals surface area contributed by atoms with Gasteiger partial charge in [0, 0.05) is 16.5 Å². The molecule has 31 heavy (non-hydrogen) atoms. The smallest absolute Gasteiger partial charge is 0.295 e. The minimum atomic E-state index is -0.595. The van der Waals surface area contributed by atoms with Crippen LogP contribution in [0.2, 0.25) is 0 Å². The van der Waals surface area contributed by atoms with Crippen LogP contribution in [0.15, 0.2) is 35.2 Å². The van der Waals surface area contributed by atoms with E-state index >= 15 is 0 Å². The van der Waals surface area contributed by atoms with Gasteiger partial charge in [-0.3, -0.25) is 9.59 Å². The van der Waals surface area contributed by atoms with Gasteiger partial charge in [-0.05, 0) is 81.3 Å². The SMILES string of the molecule is Cc1cc(/C(O)=C2/C(=O)C(=O)N(C3CCCC3)C2c2sccc2C)ccc1OC(C)C. The van der Waals surface area contributed by atoms with Gasteiger partial charge in [-0.2, -0.15) is 0 Å². The van der Waals surface area contributed by atoms with Gasteiger partial charge in [-0.25, -0.2) is 0 Å². The van der Waals surface area contributed by atoms with Gasteiger partial charge in [0.2, 0.25) is 0 Å². The molecule has 4 rings (SSSR count). The Bertz CT molecular complexity index is 1050. The number of hydrogen-bond acceptors (Lipinski definition) is 5. The van der Waals surface area contributed by atoms with Crippen LogP contribution in [-0.2, 0) is 9.59 Å². The highest BCUT2D eigenvalue weighted by Gasteiger charge is 2.50. The van der Waals surface area contributed by atoms with E-state index in [9.17, 15) is 14.7 Å². The van der Waals surface area contributed by atoms with Gasteiger partial charge in [-0.1, -0.05) is 12.8 Å². The molecular weight excluding hydrogens is 410 g/mol. The van der Waals surface area contributed by atoms with E-state index in [0.717, 1.165) is 47.4 Å². The molecule has 1 amide bonds. The molecule has 2 aliphatic rings. The molecular formula is C25H29NO4S. The first-order valence-electron chi connectivity index (χ1n) is 10.9. The number of thiophene rings is 1. The van der Waals surface area contributed by atoms with E-state index < -0.39 is 17.7 Å². The fraction of sp³-hybridized carbons (Fsp3) is 0.440. The Morgan fingerprint density at radius 2 is 1.84 bits per heavy atom. The summed E-state index contributed by atoms with van der Waals surface area (Å²) < 4.78 is 5.80. The molecule has 1 saturated heterocycles. The summed E-state index contributed by atoms with van der Waals surface area (Å²) in [7, 11) is 0. The third-order valence-electron chi connectivity index (χ3n) is 6.16. The van der Waals surface area contributed by atoms with E-state index in [0.29, 0.717) is 5.56 Å². The third-order valence-corrected chi connectivity index (χ3v) is 7.23. The molecule has 1 aliphatic heterocycles. The quantitative estimate of drug-likeness (QED) is 0.379. The topological polar surface area (TPSA) is 66.8 Å². The highest BCUT2D eigenvalue weighted by atomic mass is 32.1. The Balaban J connectivity index is 1.83. The number of Topliss-reactive ketones (excluding diaryl/α,β-unsaturated/α-hetero) is 1. The van der Waals surface area contributed by atoms with Gasteiger partial charge in [-0.15, -0.1) is 11.3 Å². The zero-order valence-electron chi connectivity index (χ0n) is 18.5. The predicted octanol–water partition coefficient (Wildman–Crippen LogP) is 5.52. The van der Waals surface area contributed by atoms with Crippen molar-refractivity contribution in [2.24, 2.45) is 0 Å². The Morgan fingerprint density at radius 3 is 2.42 bits per heavy atom. The summed E-state index contributed by atoms with van der Waals surface area (Å²) in [6.07, 6.45) is 3.94. The average Bonchev–Trinajstić information content (AvgIpc) is 3.44. The molecule has 164 valence electrons. The van der Waals surface area contributed by atoms with Crippen LogP contribution in [0.25, 0.3) is 5.76 Å². The largest absolute Gasteiger partial charge is 0.507 e. The number of ketones is 1. The highest BCUT2D eigenvalue weighted by molar-refractivity contribution is 7.10. The number of benzene rings is 1. The molecule has 6 heteroatoms. The lowest BCUT2D eigenvalue weighted by atomic mass is 9.97. The number of carbonyl (C=O) groups is 2. The maximum absolute atomic E-state index is 13.2. The molecule has 1 N–H and O–H groups in total. The summed E-state index contributed by atoms with van der Waals surface area (Å²) in [4.78, 5) is 29.0. The normalized spacial score (nSPS) is 21.5. The van der Waals surface area contributed by atoms with Gasteiger partial charge in [0.15, 0.2) is 0 Å². The van der Waals surface area contributed by atoms with Crippen molar-refractivity contribution in [3.8, 4) is 5.75 Å². The molecule has 2 heterocycles. The number of ether oxygens (including phenoxy) is 1. The van der Waals surface area contributed by atoms with Gasteiger partial charge in [0.05, 0.1) is 11.7 Å². The maximum atomic E-state index is 13.2. The Morgan fingerprint density at radius 1 is 1.13 bits per heavy atom. The van der Waals surface area contributed by atoms with E-state index in [4.69, 9.17) is 4.74 Å². The fourth-order valence-corrected chi connectivity index (χ4v) is 5.70. The third kappa shape index (κ3) is 3.89. The number of aryl methyl sites for hydroxylation is 2. The molecule has 0 spiro atoms. The van der Waals surface area contributed by atoms with E-state index in [-0.39, 0.29) is 23.5 Å². The average molecular weight is 440 g/mol. The van der Waals surface area contributed by atoms with E-state index in [1.54, 1.807) is 11.0 Å². The summed E-state index contributed by atoms with van der Waals surface area (Å²) in [5.41, 5.74) is 2.62. The van der Waals surface area contributed by atoms with Gasteiger partial charge in [0.1, 0.15) is 17.6 Å². The summed E-state index contributed by atoms with van der Waals surface area (Å²) >= 11 is 1.53. The highest BCUT2D eigenvalue weighted by Crippen LogP contribution is 2.46. The molecule has 1 aromatic heterocycles. The van der Waals surface area contributed by atoms with Crippen molar-refractivity contribution in [3.05, 3.63) is 56.8 Å². The second kappa shape index (κ2) is 8.50. The first-order chi connectivity index (χ1) is 14.8. The minimum Gasteiger partial charge on any atom is -0.507 e. The van der Waals surface area contributed by atoms with E-state index in [1.807, 2.05) is 51.3 Å². The van der Waals surface area contributed by atoms with Crippen LogP contribution in [0.4, 0.5) is 0 Å². The number of rotatable bonds is 5. The number of carbonyl (C=O) groups excluding carboxylic acids is 2. The second-order valence-electron chi connectivity index (χ2n) is 8.76. The van der Waals surface area contributed by atoms with Crippen molar-refractivity contribution in [1.29, 1.82) is 0 Å². The number of aliphatic hydroxyl groups is 1. The van der Waals surface area contributed by atoms with Crippen LogP contribution in [-0.4, -0.2) is 33.8 Å². The molecule has 1 saturated carbocycles. The van der Waals surface area contributed by atoms with Gasteiger partial charge < -0.3 is 14.7 Å². The second-order valence-corrected chi connectivity index (χ2v) is 9.71. The summed E-state index contributed by atoms with van der Waals surface area (Å²) in [6.45, 7) is 7.82. The molecule has 2 fully saturated rings. The lowest BCUT2D eigenvalue weighted by molar-refractivity contribution is -0.141. The standard InChI is InChI=1S/C25H29NO4S/c1-14(2)30-19-10-9-17(13-16(19)4)22(27)20-21(24-15(3)11-12-31-24)26(25(29)23(20)28)18-7-5-6-8-18/h9-14,18,21,27H,5-8H2,1-4H3/b22-20-. The lowest BCUT2D eigenvalue weighted by Gasteiger charge is -2.30. The maximum Gasteiger partial charge on any atom is 0.295 e.